The summed E-state index contributed by atoms with van der Waals surface area (Å²) in [6.07, 6.45) is 4.82. The first-order chi connectivity index (χ1) is 13.6. The quantitative estimate of drug-likeness (QED) is 0.545. The molecule has 136 valence electrons. The summed E-state index contributed by atoms with van der Waals surface area (Å²) < 4.78 is 13.7. The predicted molar refractivity (Wildman–Crippen MR) is 105 cm³/mol. The van der Waals surface area contributed by atoms with Crippen LogP contribution in [0.15, 0.2) is 60.9 Å². The van der Waals surface area contributed by atoms with E-state index in [2.05, 4.69) is 11.1 Å². The maximum absolute atomic E-state index is 13.7. The fraction of sp³-hybridized carbons (Fsp3) is 0.0870. The Morgan fingerprint density at radius 3 is 2.71 bits per heavy atom. The van der Waals surface area contributed by atoms with Gasteiger partial charge in [0.15, 0.2) is 0 Å². The molecule has 4 nitrogen and oxygen atoms in total. The molecule has 0 aliphatic heterocycles. The lowest BCUT2D eigenvalue weighted by Gasteiger charge is -2.22. The van der Waals surface area contributed by atoms with Crippen molar-refractivity contribution in [1.82, 2.24) is 9.97 Å². The Morgan fingerprint density at radius 2 is 1.93 bits per heavy atom. The second-order valence-corrected chi connectivity index (χ2v) is 6.89. The molecule has 28 heavy (non-hydrogen) atoms. The molecule has 0 unspecified atom stereocenters. The number of pyridine rings is 2. The van der Waals surface area contributed by atoms with Gasteiger partial charge >= 0.3 is 5.97 Å². The standard InChI is InChI=1S/C23H15FN2O2/c24-16-5-8-20-19(11-16)21(23(27)28)18-7-4-14-10-13(15-2-1-9-25-12-15)3-6-17(14)22(18)26-20/h1-3,5-6,8-12H,4,7H2,(H,27,28). The van der Waals surface area contributed by atoms with Crippen LogP contribution in [0.3, 0.4) is 0 Å². The van der Waals surface area contributed by atoms with Gasteiger partial charge in [0.2, 0.25) is 0 Å². The minimum absolute atomic E-state index is 0.154. The summed E-state index contributed by atoms with van der Waals surface area (Å²) >= 11 is 0. The van der Waals surface area contributed by atoms with E-state index in [0.29, 0.717) is 35.0 Å². The monoisotopic (exact) mass is 370 g/mol. The minimum atomic E-state index is -1.05. The second-order valence-electron chi connectivity index (χ2n) is 6.89. The van der Waals surface area contributed by atoms with Crippen LogP contribution in [0.4, 0.5) is 4.39 Å². The zero-order valence-corrected chi connectivity index (χ0v) is 14.8. The van der Waals surface area contributed by atoms with Crippen LogP contribution < -0.4 is 0 Å². The maximum Gasteiger partial charge on any atom is 0.336 e. The smallest absolute Gasteiger partial charge is 0.336 e. The van der Waals surface area contributed by atoms with E-state index in [0.717, 1.165) is 22.3 Å². The summed E-state index contributed by atoms with van der Waals surface area (Å²) in [4.78, 5) is 20.9. The lowest BCUT2D eigenvalue weighted by Crippen LogP contribution is -2.13. The number of aryl methyl sites for hydroxylation is 1. The van der Waals surface area contributed by atoms with Crippen molar-refractivity contribution >= 4 is 16.9 Å². The van der Waals surface area contributed by atoms with Crippen molar-refractivity contribution in [2.45, 2.75) is 12.8 Å². The molecule has 0 saturated carbocycles. The van der Waals surface area contributed by atoms with Gasteiger partial charge in [-0.1, -0.05) is 24.3 Å². The average molecular weight is 370 g/mol. The van der Waals surface area contributed by atoms with Gasteiger partial charge in [-0.25, -0.2) is 14.2 Å². The molecular weight excluding hydrogens is 355 g/mol. The van der Waals surface area contributed by atoms with Crippen molar-refractivity contribution in [3.8, 4) is 22.4 Å². The Hall–Kier alpha value is -3.60. The van der Waals surface area contributed by atoms with Crippen LogP contribution in [0.25, 0.3) is 33.3 Å². The molecular formula is C23H15FN2O2. The number of benzene rings is 2. The molecule has 0 fully saturated rings. The predicted octanol–water partition coefficient (Wildman–Crippen LogP) is 4.90. The van der Waals surface area contributed by atoms with Gasteiger partial charge in [0.1, 0.15) is 5.82 Å². The highest BCUT2D eigenvalue weighted by molar-refractivity contribution is 6.06. The average Bonchev–Trinajstić information content (AvgIpc) is 2.72. The molecule has 5 heteroatoms. The number of carbonyl (C=O) groups is 1. The molecule has 1 N–H and O–H groups in total. The van der Waals surface area contributed by atoms with Crippen molar-refractivity contribution in [3.63, 3.8) is 0 Å². The van der Waals surface area contributed by atoms with Gasteiger partial charge in [-0.15, -0.1) is 0 Å². The fourth-order valence-electron chi connectivity index (χ4n) is 3.99. The molecule has 2 aromatic heterocycles. The highest BCUT2D eigenvalue weighted by Crippen LogP contribution is 2.38. The molecule has 0 saturated heterocycles. The number of carboxylic acid groups (broad SMARTS) is 1. The number of aromatic nitrogens is 2. The number of fused-ring (bicyclic) bond motifs is 4. The highest BCUT2D eigenvalue weighted by Gasteiger charge is 2.26. The van der Waals surface area contributed by atoms with E-state index < -0.39 is 11.8 Å². The van der Waals surface area contributed by atoms with E-state index in [1.807, 2.05) is 30.5 Å². The van der Waals surface area contributed by atoms with Gasteiger partial charge in [0, 0.05) is 23.3 Å². The summed E-state index contributed by atoms with van der Waals surface area (Å²) in [7, 11) is 0. The van der Waals surface area contributed by atoms with Crippen LogP contribution in [0, 0.1) is 5.82 Å². The number of hydrogen-bond donors (Lipinski definition) is 1. The van der Waals surface area contributed by atoms with Gasteiger partial charge < -0.3 is 5.11 Å². The zero-order chi connectivity index (χ0) is 19.3. The Kier molecular flexibility index (Phi) is 3.69. The van der Waals surface area contributed by atoms with E-state index in [9.17, 15) is 14.3 Å². The Morgan fingerprint density at radius 1 is 1.04 bits per heavy atom. The van der Waals surface area contributed by atoms with Gasteiger partial charge in [-0.3, -0.25) is 4.98 Å². The van der Waals surface area contributed by atoms with Crippen molar-refractivity contribution < 1.29 is 14.3 Å². The SMILES string of the molecule is O=C(O)c1c2c(nc3ccc(F)cc13)-c1ccc(-c3cccnc3)cc1CC2. The lowest BCUT2D eigenvalue weighted by atomic mass is 9.84. The summed E-state index contributed by atoms with van der Waals surface area (Å²) in [6, 6.07) is 14.1. The summed E-state index contributed by atoms with van der Waals surface area (Å²) in [6.45, 7) is 0. The van der Waals surface area contributed by atoms with E-state index in [1.54, 1.807) is 6.20 Å². The first-order valence-electron chi connectivity index (χ1n) is 9.01. The van der Waals surface area contributed by atoms with E-state index in [1.165, 1.54) is 18.2 Å². The molecule has 2 aromatic carbocycles. The van der Waals surface area contributed by atoms with E-state index in [4.69, 9.17) is 4.98 Å². The van der Waals surface area contributed by atoms with Gasteiger partial charge in [0.25, 0.3) is 0 Å². The third-order valence-electron chi connectivity index (χ3n) is 5.26. The summed E-state index contributed by atoms with van der Waals surface area (Å²) in [5, 5.41) is 10.2. The third-order valence-corrected chi connectivity index (χ3v) is 5.26. The maximum atomic E-state index is 13.7. The van der Waals surface area contributed by atoms with Crippen molar-refractivity contribution in [2.24, 2.45) is 0 Å². The van der Waals surface area contributed by atoms with Crippen LogP contribution in [-0.2, 0) is 12.8 Å². The lowest BCUT2D eigenvalue weighted by molar-refractivity contribution is 0.0698. The normalized spacial score (nSPS) is 12.5. The summed E-state index contributed by atoms with van der Waals surface area (Å²) in [5.74, 6) is -1.52. The molecule has 4 aromatic rings. The molecule has 2 heterocycles. The highest BCUT2D eigenvalue weighted by atomic mass is 19.1. The van der Waals surface area contributed by atoms with E-state index >= 15 is 0 Å². The Labute approximate surface area is 160 Å². The van der Waals surface area contributed by atoms with Crippen molar-refractivity contribution in [2.75, 3.05) is 0 Å². The molecule has 0 atom stereocenters. The van der Waals surface area contributed by atoms with Crippen LogP contribution in [0.1, 0.15) is 21.5 Å². The number of aromatic carboxylic acids is 1. The largest absolute Gasteiger partial charge is 0.478 e. The van der Waals surface area contributed by atoms with Crippen LogP contribution in [-0.4, -0.2) is 21.0 Å². The zero-order valence-electron chi connectivity index (χ0n) is 14.8. The molecule has 1 aliphatic carbocycles. The third kappa shape index (κ3) is 2.55. The number of halogens is 1. The van der Waals surface area contributed by atoms with Crippen LogP contribution in [0.2, 0.25) is 0 Å². The fourth-order valence-corrected chi connectivity index (χ4v) is 3.99. The molecule has 0 bridgehead atoms. The molecule has 0 radical (unpaired) electrons. The van der Waals surface area contributed by atoms with Gasteiger partial charge in [-0.05, 0) is 59.4 Å². The number of hydrogen-bond acceptors (Lipinski definition) is 3. The number of carboxylic acids is 1. The minimum Gasteiger partial charge on any atom is -0.478 e. The van der Waals surface area contributed by atoms with Crippen molar-refractivity contribution in [1.29, 1.82) is 0 Å². The van der Waals surface area contributed by atoms with Crippen LogP contribution in [0.5, 0.6) is 0 Å². The molecule has 1 aliphatic rings. The first-order valence-corrected chi connectivity index (χ1v) is 9.01. The Bertz CT molecular complexity index is 1250. The second kappa shape index (κ2) is 6.23. The molecule has 0 spiro atoms. The molecule has 0 amide bonds. The topological polar surface area (TPSA) is 63.1 Å². The number of rotatable bonds is 2. The van der Waals surface area contributed by atoms with Crippen LogP contribution >= 0.6 is 0 Å². The van der Waals surface area contributed by atoms with Gasteiger partial charge in [0.05, 0.1) is 16.8 Å². The van der Waals surface area contributed by atoms with E-state index in [-0.39, 0.29) is 5.56 Å². The number of nitrogens with zero attached hydrogens (tertiary/aromatic N) is 2. The first kappa shape index (κ1) is 16.6. The van der Waals surface area contributed by atoms with Gasteiger partial charge in [-0.2, -0.15) is 0 Å². The molecule has 5 rings (SSSR count). The van der Waals surface area contributed by atoms with Crippen molar-refractivity contribution in [3.05, 3.63) is 83.4 Å². The Balaban J connectivity index is 1.74. The summed E-state index contributed by atoms with van der Waals surface area (Å²) in [5.41, 5.74) is 6.15.